The Bertz CT molecular complexity index is 1070. The zero-order valence-electron chi connectivity index (χ0n) is 22.0. The highest BCUT2D eigenvalue weighted by atomic mass is 32.2. The second-order valence-electron chi connectivity index (χ2n) is 9.45. The van der Waals surface area contributed by atoms with Crippen molar-refractivity contribution in [2.45, 2.75) is 49.8 Å². The molecule has 0 aliphatic carbocycles. The maximum atomic E-state index is 10.7. The highest BCUT2D eigenvalue weighted by molar-refractivity contribution is 7.86. The lowest BCUT2D eigenvalue weighted by atomic mass is 10.0. The summed E-state index contributed by atoms with van der Waals surface area (Å²) in [5.41, 5.74) is -11.9. The largest absolute Gasteiger partial charge is 0.741 e. The molecule has 12 nitrogen and oxygen atoms in total. The number of rotatable bonds is 4. The molecule has 0 atom stereocenters. The second kappa shape index (κ2) is 12.0. The van der Waals surface area contributed by atoms with Crippen LogP contribution in [0.1, 0.15) is 27.7 Å². The Labute approximate surface area is 217 Å². The third kappa shape index (κ3) is 9.92. The number of alkyl halides is 6. The normalized spacial score (nSPS) is 18.1. The average Bonchev–Trinajstić information content (AvgIpc) is 3.19. The van der Waals surface area contributed by atoms with Crippen molar-refractivity contribution in [3.8, 4) is 0 Å². The van der Waals surface area contributed by atoms with Gasteiger partial charge < -0.3 is 9.11 Å². The van der Waals surface area contributed by atoms with Crippen LogP contribution in [0.15, 0.2) is 10.2 Å². The molecule has 2 aliphatic heterocycles. The van der Waals surface area contributed by atoms with Gasteiger partial charge in [0.05, 0.1) is 28.2 Å². The van der Waals surface area contributed by atoms with Gasteiger partial charge in [-0.25, -0.2) is 16.8 Å². The summed E-state index contributed by atoms with van der Waals surface area (Å²) in [5.74, 6) is 2.48. The molecule has 2 rings (SSSR count). The van der Waals surface area contributed by atoms with Gasteiger partial charge in [0.2, 0.25) is 0 Å². The number of halogens is 6. The van der Waals surface area contributed by atoms with Crippen LogP contribution < -0.4 is 0 Å². The molecule has 0 aromatic heterocycles. The third-order valence-electron chi connectivity index (χ3n) is 5.20. The molecule has 38 heavy (non-hydrogen) atoms. The van der Waals surface area contributed by atoms with Gasteiger partial charge in [-0.1, -0.05) is 0 Å². The van der Waals surface area contributed by atoms with Crippen molar-refractivity contribution >= 4 is 31.9 Å². The topological polar surface area (TPSA) is 152 Å². The summed E-state index contributed by atoms with van der Waals surface area (Å²) < 4.78 is 122. The standard InChI is InChI=1S/C16H32N6.2CHF3O3S/c1-15(2,13-19(5)9-10-20(13)6)17-18-16(3,4)14-21(7)11-12-22(14)8;2*2-1(3,4)8(5,6)7/h9-12H2,1-8H3;2*(H,5,6,7)/q+2;;/p-2. The molecule has 0 unspecified atom stereocenters. The SMILES string of the molecule is CN1CC[N+](C)=C1C(C)(C)N=NC(C)(C)C1=[N+](C)CCN1C.O=S(=O)([O-])C(F)(F)F.O=S(=O)([O-])C(F)(F)F. The van der Waals surface area contributed by atoms with Gasteiger partial charge in [-0.15, -0.1) is 0 Å². The zero-order valence-corrected chi connectivity index (χ0v) is 23.7. The summed E-state index contributed by atoms with van der Waals surface area (Å²) >= 11 is 0. The Morgan fingerprint density at radius 3 is 1.03 bits per heavy atom. The van der Waals surface area contributed by atoms with E-state index in [-0.39, 0.29) is 11.1 Å². The van der Waals surface area contributed by atoms with Crippen LogP contribution in [0.5, 0.6) is 0 Å². The Hall–Kier alpha value is -2.06. The first-order valence-corrected chi connectivity index (χ1v) is 13.5. The molecule has 0 spiro atoms. The summed E-state index contributed by atoms with van der Waals surface area (Å²) in [5, 5.41) is 9.51. The van der Waals surface area contributed by atoms with Gasteiger partial charge in [-0.05, 0) is 27.7 Å². The van der Waals surface area contributed by atoms with E-state index in [1.54, 1.807) is 0 Å². The van der Waals surface area contributed by atoms with Crippen molar-refractivity contribution in [2.24, 2.45) is 10.2 Å². The number of hydrogen-bond acceptors (Lipinski definition) is 10. The lowest BCUT2D eigenvalue weighted by molar-refractivity contribution is -0.489. The van der Waals surface area contributed by atoms with E-state index in [0.29, 0.717) is 0 Å². The fourth-order valence-corrected chi connectivity index (χ4v) is 3.81. The maximum absolute atomic E-state index is 10.7. The fourth-order valence-electron chi connectivity index (χ4n) is 3.81. The van der Waals surface area contributed by atoms with Crippen molar-refractivity contribution in [3.63, 3.8) is 0 Å². The van der Waals surface area contributed by atoms with Gasteiger partial charge in [0.15, 0.2) is 31.3 Å². The predicted octanol–water partition coefficient (Wildman–Crippen LogP) is 1.07. The molecule has 0 saturated carbocycles. The predicted molar refractivity (Wildman–Crippen MR) is 122 cm³/mol. The number of amidine groups is 2. The molecule has 224 valence electrons. The summed E-state index contributed by atoms with van der Waals surface area (Å²) in [6, 6.07) is 0. The van der Waals surface area contributed by atoms with Crippen molar-refractivity contribution in [2.75, 3.05) is 54.4 Å². The van der Waals surface area contributed by atoms with Crippen LogP contribution in [0.2, 0.25) is 0 Å². The summed E-state index contributed by atoms with van der Waals surface area (Å²) in [6.07, 6.45) is 0. The van der Waals surface area contributed by atoms with Crippen LogP contribution in [0.4, 0.5) is 26.3 Å². The van der Waals surface area contributed by atoms with Crippen LogP contribution in [-0.2, 0) is 20.2 Å². The summed E-state index contributed by atoms with van der Waals surface area (Å²) in [7, 11) is -3.65. The van der Waals surface area contributed by atoms with Gasteiger partial charge >= 0.3 is 11.0 Å². The van der Waals surface area contributed by atoms with E-state index in [2.05, 4.69) is 74.8 Å². The molecule has 0 bridgehead atoms. The molecule has 20 heteroatoms. The van der Waals surface area contributed by atoms with Crippen molar-refractivity contribution < 1.29 is 61.4 Å². The lowest BCUT2D eigenvalue weighted by Crippen LogP contribution is -2.44. The summed E-state index contributed by atoms with van der Waals surface area (Å²) in [6.45, 7) is 12.8. The van der Waals surface area contributed by atoms with Gasteiger partial charge in [-0.2, -0.15) is 36.6 Å². The smallest absolute Gasteiger partial charge is 0.485 e. The van der Waals surface area contributed by atoms with Gasteiger partial charge in [0, 0.05) is 0 Å². The zero-order chi connectivity index (χ0) is 30.7. The van der Waals surface area contributed by atoms with Crippen molar-refractivity contribution in [1.82, 2.24) is 9.80 Å². The Balaban J connectivity index is 0.000000705. The monoisotopic (exact) mass is 606 g/mol. The van der Waals surface area contributed by atoms with Gasteiger partial charge in [0.1, 0.15) is 26.2 Å². The molecule has 0 aromatic carbocycles. The van der Waals surface area contributed by atoms with Crippen LogP contribution in [0, 0.1) is 0 Å². The van der Waals surface area contributed by atoms with E-state index >= 15 is 0 Å². The quantitative estimate of drug-likeness (QED) is 0.152. The molecule has 0 amide bonds. The number of azo groups is 1. The van der Waals surface area contributed by atoms with Gasteiger partial charge in [-0.3, -0.25) is 19.0 Å². The lowest BCUT2D eigenvalue weighted by Gasteiger charge is -2.24. The van der Waals surface area contributed by atoms with E-state index in [0.717, 1.165) is 26.2 Å². The Morgan fingerprint density at radius 2 is 0.895 bits per heavy atom. The summed E-state index contributed by atoms with van der Waals surface area (Å²) in [4.78, 5) is 4.57. The minimum Gasteiger partial charge on any atom is -0.741 e. The minimum absolute atomic E-state index is 0.312. The minimum atomic E-state index is -6.09. The maximum Gasteiger partial charge on any atom is 0.485 e. The molecule has 2 heterocycles. The average molecular weight is 607 g/mol. The Morgan fingerprint density at radius 1 is 0.684 bits per heavy atom. The first-order valence-electron chi connectivity index (χ1n) is 10.6. The first kappa shape index (κ1) is 35.9. The first-order chi connectivity index (χ1) is 16.6. The number of hydrogen-bond donors (Lipinski definition) is 0. The molecular formula is C18H32F6N6O6S2. The number of nitrogens with zero attached hydrogens (tertiary/aromatic N) is 6. The molecule has 0 fully saturated rings. The van der Waals surface area contributed by atoms with E-state index in [9.17, 15) is 26.3 Å². The van der Waals surface area contributed by atoms with E-state index in [4.69, 9.17) is 36.2 Å². The molecule has 0 saturated heterocycles. The van der Waals surface area contributed by atoms with E-state index < -0.39 is 31.3 Å². The molecule has 0 aromatic rings. The fraction of sp³-hybridized carbons (Fsp3) is 0.889. The molecule has 0 radical (unpaired) electrons. The van der Waals surface area contributed by atoms with E-state index in [1.165, 1.54) is 11.7 Å². The van der Waals surface area contributed by atoms with Crippen molar-refractivity contribution in [1.29, 1.82) is 0 Å². The molecule has 2 aliphatic rings. The highest BCUT2D eigenvalue weighted by Crippen LogP contribution is 2.23. The highest BCUT2D eigenvalue weighted by Gasteiger charge is 2.43. The molecular weight excluding hydrogens is 574 g/mol. The third-order valence-corrected chi connectivity index (χ3v) is 6.33. The van der Waals surface area contributed by atoms with Gasteiger partial charge in [0.25, 0.3) is 11.7 Å². The molecule has 0 N–H and O–H groups in total. The van der Waals surface area contributed by atoms with Crippen LogP contribution >= 0.6 is 0 Å². The van der Waals surface area contributed by atoms with Crippen LogP contribution in [-0.4, -0.2) is 133 Å². The van der Waals surface area contributed by atoms with Crippen LogP contribution in [0.3, 0.4) is 0 Å². The number of likely N-dealkylation sites (N-methyl/N-ethyl adjacent to an activating group) is 4. The van der Waals surface area contributed by atoms with Crippen molar-refractivity contribution in [3.05, 3.63) is 0 Å². The van der Waals surface area contributed by atoms with Crippen LogP contribution in [0.25, 0.3) is 0 Å². The Kier molecular flexibility index (Phi) is 11.3. The van der Waals surface area contributed by atoms with E-state index in [1.807, 2.05) is 0 Å². The second-order valence-corrected chi connectivity index (χ2v) is 12.2.